The third kappa shape index (κ3) is 1.51. The van der Waals surface area contributed by atoms with Crippen LogP contribution in [0.4, 0.5) is 10.1 Å². The Bertz CT molecular complexity index is 885. The first-order chi connectivity index (χ1) is 10.5. The number of carbonyl (C=O) groups excluding carboxylic acids is 1. The summed E-state index contributed by atoms with van der Waals surface area (Å²) in [5.41, 5.74) is 0.0193. The monoisotopic (exact) mass is 296 g/mol. The highest BCUT2D eigenvalue weighted by molar-refractivity contribution is 6.09. The van der Waals surface area contributed by atoms with E-state index in [1.165, 1.54) is 23.1 Å². The number of amides is 1. The molecule has 1 aliphatic heterocycles. The highest BCUT2D eigenvalue weighted by Crippen LogP contribution is 2.44. The molecular weight excluding hydrogens is 283 g/mol. The summed E-state index contributed by atoms with van der Waals surface area (Å²) in [5, 5.41) is 12.0. The van der Waals surface area contributed by atoms with E-state index in [-0.39, 0.29) is 5.56 Å². The smallest absolute Gasteiger partial charge is 0.269 e. The van der Waals surface area contributed by atoms with Gasteiger partial charge in [-0.1, -0.05) is 18.2 Å². The van der Waals surface area contributed by atoms with Gasteiger partial charge in [0.1, 0.15) is 5.82 Å². The van der Waals surface area contributed by atoms with Gasteiger partial charge in [0.2, 0.25) is 5.60 Å². The Balaban J connectivity index is 2.00. The van der Waals surface area contributed by atoms with Crippen LogP contribution in [0, 0.1) is 5.82 Å². The van der Waals surface area contributed by atoms with Crippen LogP contribution in [0.5, 0.6) is 0 Å². The maximum absolute atomic E-state index is 13.6. The number of hydrogen-bond donors (Lipinski definition) is 2. The van der Waals surface area contributed by atoms with Crippen LogP contribution in [0.15, 0.2) is 48.5 Å². The molecule has 3 aromatic rings. The van der Waals surface area contributed by atoms with Crippen LogP contribution in [-0.2, 0) is 10.4 Å². The van der Waals surface area contributed by atoms with Gasteiger partial charge in [0.05, 0.1) is 11.4 Å². The summed E-state index contributed by atoms with van der Waals surface area (Å²) in [4.78, 5) is 17.0. The molecule has 1 aromatic heterocycles. The SMILES string of the molecule is CN1C(=O)C(O)(c2cc3ccccc3[nH]2)c2cc(F)ccc21. The predicted molar refractivity (Wildman–Crippen MR) is 81.1 cm³/mol. The zero-order valence-electron chi connectivity index (χ0n) is 11.8. The molecule has 22 heavy (non-hydrogen) atoms. The Hall–Kier alpha value is -2.66. The van der Waals surface area contributed by atoms with Gasteiger partial charge >= 0.3 is 0 Å². The summed E-state index contributed by atoms with van der Waals surface area (Å²) in [7, 11) is 1.57. The minimum atomic E-state index is -1.90. The standard InChI is InChI=1S/C17H13FN2O2/c1-20-14-7-6-11(18)9-12(14)17(22,16(20)21)15-8-10-4-2-3-5-13(10)19-15/h2-9,19,22H,1H3. The Labute approximate surface area is 125 Å². The van der Waals surface area contributed by atoms with Crippen molar-refractivity contribution in [2.24, 2.45) is 0 Å². The molecular formula is C17H13FN2O2. The summed E-state index contributed by atoms with van der Waals surface area (Å²) in [6, 6.07) is 13.2. The molecule has 1 amide bonds. The summed E-state index contributed by atoms with van der Waals surface area (Å²) >= 11 is 0. The van der Waals surface area contributed by atoms with Crippen molar-refractivity contribution in [2.75, 3.05) is 11.9 Å². The van der Waals surface area contributed by atoms with Crippen molar-refractivity contribution in [1.82, 2.24) is 4.98 Å². The molecule has 1 unspecified atom stereocenters. The number of nitrogens with zero attached hydrogens (tertiary/aromatic N) is 1. The molecule has 0 radical (unpaired) electrons. The molecule has 2 aromatic carbocycles. The Morgan fingerprint density at radius 3 is 2.73 bits per heavy atom. The largest absolute Gasteiger partial charge is 0.371 e. The quantitative estimate of drug-likeness (QED) is 0.725. The third-order valence-corrected chi connectivity index (χ3v) is 4.24. The molecule has 1 atom stereocenters. The van der Waals surface area contributed by atoms with Crippen molar-refractivity contribution in [3.63, 3.8) is 0 Å². The number of para-hydroxylation sites is 1. The van der Waals surface area contributed by atoms with Gasteiger partial charge in [0.15, 0.2) is 0 Å². The molecule has 0 bridgehead atoms. The third-order valence-electron chi connectivity index (χ3n) is 4.24. The van der Waals surface area contributed by atoms with Crippen LogP contribution >= 0.6 is 0 Å². The van der Waals surface area contributed by atoms with Crippen molar-refractivity contribution in [1.29, 1.82) is 0 Å². The highest BCUT2D eigenvalue weighted by Gasteiger charge is 2.51. The van der Waals surface area contributed by atoms with E-state index in [0.717, 1.165) is 10.9 Å². The van der Waals surface area contributed by atoms with E-state index in [2.05, 4.69) is 4.98 Å². The molecule has 5 heteroatoms. The minimum Gasteiger partial charge on any atom is -0.371 e. The minimum absolute atomic E-state index is 0.256. The second-order valence-electron chi connectivity index (χ2n) is 5.51. The Kier molecular flexibility index (Phi) is 2.47. The molecule has 2 N–H and O–H groups in total. The number of likely N-dealkylation sites (N-methyl/N-ethyl adjacent to an activating group) is 1. The molecule has 0 saturated heterocycles. The number of aromatic amines is 1. The fourth-order valence-electron chi connectivity index (χ4n) is 3.09. The van der Waals surface area contributed by atoms with Crippen molar-refractivity contribution in [3.05, 3.63) is 65.6 Å². The topological polar surface area (TPSA) is 56.3 Å². The van der Waals surface area contributed by atoms with Gasteiger partial charge in [-0.2, -0.15) is 0 Å². The van der Waals surface area contributed by atoms with E-state index < -0.39 is 17.3 Å². The maximum atomic E-state index is 13.6. The van der Waals surface area contributed by atoms with Crippen LogP contribution in [0.2, 0.25) is 0 Å². The molecule has 2 heterocycles. The lowest BCUT2D eigenvalue weighted by atomic mass is 9.92. The first-order valence-corrected chi connectivity index (χ1v) is 6.90. The first kappa shape index (κ1) is 13.0. The number of fused-ring (bicyclic) bond motifs is 2. The van der Waals surface area contributed by atoms with Gasteiger partial charge in [-0.3, -0.25) is 4.79 Å². The summed E-state index contributed by atoms with van der Waals surface area (Å²) in [6.45, 7) is 0. The number of halogens is 1. The second-order valence-corrected chi connectivity index (χ2v) is 5.51. The van der Waals surface area contributed by atoms with Crippen LogP contribution < -0.4 is 4.90 Å². The molecule has 1 aliphatic rings. The second kappa shape index (κ2) is 4.18. The molecule has 0 spiro atoms. The van der Waals surface area contributed by atoms with Crippen molar-refractivity contribution < 1.29 is 14.3 Å². The fourth-order valence-corrected chi connectivity index (χ4v) is 3.09. The summed E-state index contributed by atoms with van der Waals surface area (Å²) in [6.07, 6.45) is 0. The van der Waals surface area contributed by atoms with Gasteiger partial charge in [0.25, 0.3) is 5.91 Å². The van der Waals surface area contributed by atoms with E-state index in [1.54, 1.807) is 13.1 Å². The molecule has 4 rings (SSSR count). The molecule has 110 valence electrons. The highest BCUT2D eigenvalue weighted by atomic mass is 19.1. The van der Waals surface area contributed by atoms with Crippen molar-refractivity contribution >= 4 is 22.5 Å². The zero-order valence-corrected chi connectivity index (χ0v) is 11.8. The lowest BCUT2D eigenvalue weighted by molar-refractivity contribution is -0.132. The zero-order chi connectivity index (χ0) is 15.5. The number of aliphatic hydroxyl groups is 1. The average molecular weight is 296 g/mol. The molecule has 0 fully saturated rings. The normalized spacial score (nSPS) is 20.7. The van der Waals surface area contributed by atoms with Crippen LogP contribution in [0.3, 0.4) is 0 Å². The van der Waals surface area contributed by atoms with Crippen molar-refractivity contribution in [2.45, 2.75) is 5.60 Å². The Morgan fingerprint density at radius 2 is 1.95 bits per heavy atom. The van der Waals surface area contributed by atoms with Crippen LogP contribution in [0.25, 0.3) is 10.9 Å². The number of H-pyrrole nitrogens is 1. The van der Waals surface area contributed by atoms with E-state index >= 15 is 0 Å². The summed E-state index contributed by atoms with van der Waals surface area (Å²) < 4.78 is 13.6. The lowest BCUT2D eigenvalue weighted by Crippen LogP contribution is -2.39. The predicted octanol–water partition coefficient (Wildman–Crippen LogP) is 2.52. The van der Waals surface area contributed by atoms with E-state index in [4.69, 9.17) is 0 Å². The number of benzene rings is 2. The fraction of sp³-hybridized carbons (Fsp3) is 0.118. The van der Waals surface area contributed by atoms with E-state index in [9.17, 15) is 14.3 Å². The van der Waals surface area contributed by atoms with E-state index in [0.29, 0.717) is 11.4 Å². The molecule has 4 nitrogen and oxygen atoms in total. The van der Waals surface area contributed by atoms with Gasteiger partial charge in [-0.25, -0.2) is 4.39 Å². The average Bonchev–Trinajstić information content (AvgIpc) is 3.03. The Morgan fingerprint density at radius 1 is 1.18 bits per heavy atom. The number of aromatic nitrogens is 1. The number of rotatable bonds is 1. The van der Waals surface area contributed by atoms with Crippen LogP contribution in [0.1, 0.15) is 11.3 Å². The molecule has 0 saturated carbocycles. The van der Waals surface area contributed by atoms with Gasteiger partial charge in [0, 0.05) is 18.1 Å². The maximum Gasteiger partial charge on any atom is 0.269 e. The molecule has 0 aliphatic carbocycles. The number of hydrogen-bond acceptors (Lipinski definition) is 2. The van der Waals surface area contributed by atoms with Gasteiger partial charge < -0.3 is 15.0 Å². The number of carbonyl (C=O) groups is 1. The number of anilines is 1. The summed E-state index contributed by atoms with van der Waals surface area (Å²) in [5.74, 6) is -0.990. The van der Waals surface area contributed by atoms with Gasteiger partial charge in [-0.15, -0.1) is 0 Å². The van der Waals surface area contributed by atoms with Crippen molar-refractivity contribution in [3.8, 4) is 0 Å². The number of nitrogens with one attached hydrogen (secondary N) is 1. The van der Waals surface area contributed by atoms with E-state index in [1.807, 2.05) is 24.3 Å². The van der Waals surface area contributed by atoms with Crippen LogP contribution in [-0.4, -0.2) is 23.0 Å². The van der Waals surface area contributed by atoms with Gasteiger partial charge in [-0.05, 0) is 35.7 Å². The lowest BCUT2D eigenvalue weighted by Gasteiger charge is -2.20. The first-order valence-electron chi connectivity index (χ1n) is 6.90.